The number of hydrogen-bond donors (Lipinski definition) is 2. The largest absolute Gasteiger partial charge is 0.339 e. The molecule has 6 nitrogen and oxygen atoms in total. The Morgan fingerprint density at radius 3 is 2.46 bits per heavy atom. The van der Waals surface area contributed by atoms with Gasteiger partial charge in [0.25, 0.3) is 5.91 Å². The van der Waals surface area contributed by atoms with Gasteiger partial charge >= 0.3 is 0 Å². The Morgan fingerprint density at radius 1 is 1.04 bits per heavy atom. The van der Waals surface area contributed by atoms with Crippen molar-refractivity contribution < 1.29 is 9.59 Å². The zero-order valence-corrected chi connectivity index (χ0v) is 15.9. The third kappa shape index (κ3) is 4.33. The van der Waals surface area contributed by atoms with Crippen LogP contribution in [0.1, 0.15) is 23.5 Å². The molecule has 0 fully saturated rings. The van der Waals surface area contributed by atoms with Gasteiger partial charge in [0.1, 0.15) is 11.0 Å². The second-order valence-electron chi connectivity index (χ2n) is 5.94. The fraction of sp³-hybridized carbons (Fsp3) is 0.222. The minimum atomic E-state index is -0.659. The van der Waals surface area contributed by atoms with E-state index in [4.69, 9.17) is 0 Å². The Kier molecular flexibility index (Phi) is 5.75. The number of nitrogens with one attached hydrogen (secondary N) is 2. The number of nitrogens with zero attached hydrogens (tertiary/aromatic N) is 2. The third-order valence-electron chi connectivity index (χ3n) is 3.66. The van der Waals surface area contributed by atoms with E-state index in [0.29, 0.717) is 10.0 Å². The molecule has 0 unspecified atom stereocenters. The van der Waals surface area contributed by atoms with Crippen molar-refractivity contribution in [3.8, 4) is 10.6 Å². The molecule has 134 valence electrons. The van der Waals surface area contributed by atoms with Crippen molar-refractivity contribution in [2.45, 2.75) is 19.9 Å². The Balaban J connectivity index is 1.68. The van der Waals surface area contributed by atoms with Crippen LogP contribution in [0.4, 0.5) is 5.13 Å². The number of hydrogen-bond acceptors (Lipinski definition) is 6. The molecule has 0 aliphatic carbocycles. The van der Waals surface area contributed by atoms with Gasteiger partial charge in [-0.1, -0.05) is 61.6 Å². The molecule has 0 saturated carbocycles. The van der Waals surface area contributed by atoms with E-state index >= 15 is 0 Å². The first-order valence-corrected chi connectivity index (χ1v) is 9.78. The lowest BCUT2D eigenvalue weighted by Gasteiger charge is -2.20. The highest BCUT2D eigenvalue weighted by Crippen LogP contribution is 2.26. The summed E-state index contributed by atoms with van der Waals surface area (Å²) in [6.07, 6.45) is 0. The molecule has 0 aliphatic heterocycles. The van der Waals surface area contributed by atoms with E-state index in [0.717, 1.165) is 10.6 Å². The van der Waals surface area contributed by atoms with Crippen LogP contribution in [-0.2, 0) is 4.79 Å². The molecular weight excluding hydrogens is 368 g/mol. The van der Waals surface area contributed by atoms with E-state index in [-0.39, 0.29) is 17.7 Å². The van der Waals surface area contributed by atoms with Crippen molar-refractivity contribution in [3.05, 3.63) is 52.7 Å². The summed E-state index contributed by atoms with van der Waals surface area (Å²) in [6.45, 7) is 3.77. The number of benzene rings is 1. The van der Waals surface area contributed by atoms with Crippen LogP contribution in [0.15, 0.2) is 47.8 Å². The molecule has 0 spiro atoms. The van der Waals surface area contributed by atoms with E-state index in [1.165, 1.54) is 22.7 Å². The highest BCUT2D eigenvalue weighted by atomic mass is 32.1. The van der Waals surface area contributed by atoms with Crippen molar-refractivity contribution >= 4 is 39.6 Å². The minimum absolute atomic E-state index is 0.0690. The molecule has 0 saturated heterocycles. The van der Waals surface area contributed by atoms with Crippen molar-refractivity contribution in [1.82, 2.24) is 15.5 Å². The van der Waals surface area contributed by atoms with E-state index in [1.54, 1.807) is 12.1 Å². The smallest absolute Gasteiger partial charge is 0.262 e. The number of rotatable bonds is 6. The Labute approximate surface area is 159 Å². The molecule has 1 aromatic carbocycles. The van der Waals surface area contributed by atoms with Crippen molar-refractivity contribution in [3.63, 3.8) is 0 Å². The Hall–Kier alpha value is -2.58. The fourth-order valence-corrected chi connectivity index (χ4v) is 3.69. The van der Waals surface area contributed by atoms with Crippen molar-refractivity contribution in [2.24, 2.45) is 5.92 Å². The standard InChI is InChI=1S/C18H18N4O2S2/c1-11(2)14(19-15(23)13-9-6-10-25-13)16(24)20-18-22-21-17(26-18)12-7-4-3-5-8-12/h3-11,14H,1-2H3,(H,19,23)(H,20,22,24)/t14-/m0/s1. The molecule has 2 N–H and O–H groups in total. The van der Waals surface area contributed by atoms with Crippen LogP contribution in [0.25, 0.3) is 10.6 Å². The SMILES string of the molecule is CC(C)[C@H](NC(=O)c1cccs1)C(=O)Nc1nnc(-c2ccccc2)s1. The maximum Gasteiger partial charge on any atom is 0.262 e. The number of thiophene rings is 1. The monoisotopic (exact) mass is 386 g/mol. The Morgan fingerprint density at radius 2 is 1.81 bits per heavy atom. The minimum Gasteiger partial charge on any atom is -0.339 e. The zero-order valence-electron chi connectivity index (χ0n) is 14.3. The van der Waals surface area contributed by atoms with Gasteiger partial charge in [-0.25, -0.2) is 0 Å². The van der Waals surface area contributed by atoms with Gasteiger partial charge in [0, 0.05) is 5.56 Å². The van der Waals surface area contributed by atoms with Crippen molar-refractivity contribution in [2.75, 3.05) is 5.32 Å². The van der Waals surface area contributed by atoms with Gasteiger partial charge in [-0.2, -0.15) is 0 Å². The average Bonchev–Trinajstić information content (AvgIpc) is 3.32. The van der Waals surface area contributed by atoms with Crippen LogP contribution in [0, 0.1) is 5.92 Å². The molecule has 2 heterocycles. The van der Waals surface area contributed by atoms with Gasteiger partial charge in [-0.15, -0.1) is 21.5 Å². The molecule has 3 rings (SSSR count). The number of carbonyl (C=O) groups is 2. The summed E-state index contributed by atoms with van der Waals surface area (Å²) in [7, 11) is 0. The van der Waals surface area contributed by atoms with E-state index < -0.39 is 6.04 Å². The van der Waals surface area contributed by atoms with Crippen LogP contribution in [0.3, 0.4) is 0 Å². The molecule has 0 bridgehead atoms. The zero-order chi connectivity index (χ0) is 18.5. The summed E-state index contributed by atoms with van der Waals surface area (Å²) < 4.78 is 0. The van der Waals surface area contributed by atoms with Crippen LogP contribution < -0.4 is 10.6 Å². The molecule has 2 amide bonds. The van der Waals surface area contributed by atoms with Crippen LogP contribution in [0.2, 0.25) is 0 Å². The highest BCUT2D eigenvalue weighted by molar-refractivity contribution is 7.18. The molecular formula is C18H18N4O2S2. The van der Waals surface area contributed by atoms with Gasteiger partial charge in [0.15, 0.2) is 0 Å². The van der Waals surface area contributed by atoms with Crippen LogP contribution >= 0.6 is 22.7 Å². The first-order chi connectivity index (χ1) is 12.5. The lowest BCUT2D eigenvalue weighted by Crippen LogP contribution is -2.46. The summed E-state index contributed by atoms with van der Waals surface area (Å²) in [5.74, 6) is -0.628. The molecule has 0 radical (unpaired) electrons. The molecule has 0 aliphatic rings. The molecule has 8 heteroatoms. The van der Waals surface area contributed by atoms with Gasteiger partial charge < -0.3 is 5.32 Å². The van der Waals surface area contributed by atoms with Gasteiger partial charge in [-0.3, -0.25) is 14.9 Å². The van der Waals surface area contributed by atoms with E-state index in [2.05, 4.69) is 20.8 Å². The number of anilines is 1. The summed E-state index contributed by atoms with van der Waals surface area (Å²) in [4.78, 5) is 25.5. The van der Waals surface area contributed by atoms with Crippen molar-refractivity contribution in [1.29, 1.82) is 0 Å². The summed E-state index contributed by atoms with van der Waals surface area (Å²) in [6, 6.07) is 12.5. The second-order valence-corrected chi connectivity index (χ2v) is 7.87. The lowest BCUT2D eigenvalue weighted by molar-refractivity contribution is -0.118. The van der Waals surface area contributed by atoms with Gasteiger partial charge in [-0.05, 0) is 17.4 Å². The molecule has 2 aromatic heterocycles. The van der Waals surface area contributed by atoms with Gasteiger partial charge in [0.05, 0.1) is 4.88 Å². The fourth-order valence-electron chi connectivity index (χ4n) is 2.31. The maximum atomic E-state index is 12.6. The predicted octanol–water partition coefficient (Wildman–Crippen LogP) is 3.66. The molecule has 1 atom stereocenters. The summed E-state index contributed by atoms with van der Waals surface area (Å²) in [5, 5.41) is 16.7. The third-order valence-corrected chi connectivity index (χ3v) is 5.41. The maximum absolute atomic E-state index is 12.6. The Bertz CT molecular complexity index is 876. The quantitative estimate of drug-likeness (QED) is 0.677. The van der Waals surface area contributed by atoms with E-state index in [9.17, 15) is 9.59 Å². The highest BCUT2D eigenvalue weighted by Gasteiger charge is 2.26. The topological polar surface area (TPSA) is 84.0 Å². The van der Waals surface area contributed by atoms with E-state index in [1.807, 2.05) is 49.6 Å². The molecule has 26 heavy (non-hydrogen) atoms. The summed E-state index contributed by atoms with van der Waals surface area (Å²) >= 11 is 2.63. The van der Waals surface area contributed by atoms with Crippen LogP contribution in [-0.4, -0.2) is 28.1 Å². The average molecular weight is 387 g/mol. The van der Waals surface area contributed by atoms with Gasteiger partial charge in [0.2, 0.25) is 11.0 Å². The predicted molar refractivity (Wildman–Crippen MR) is 104 cm³/mol. The number of aromatic nitrogens is 2. The second kappa shape index (κ2) is 8.20. The number of amides is 2. The first kappa shape index (κ1) is 18.2. The first-order valence-electron chi connectivity index (χ1n) is 8.08. The lowest BCUT2D eigenvalue weighted by atomic mass is 10.0. The molecule has 3 aromatic rings. The van der Waals surface area contributed by atoms with Crippen LogP contribution in [0.5, 0.6) is 0 Å². The normalized spacial score (nSPS) is 12.0. The summed E-state index contributed by atoms with van der Waals surface area (Å²) in [5.41, 5.74) is 0.942. The number of carbonyl (C=O) groups excluding carboxylic acids is 2.